The van der Waals surface area contributed by atoms with Gasteiger partial charge in [-0.3, -0.25) is 0 Å². The van der Waals surface area contributed by atoms with Crippen molar-refractivity contribution in [2.24, 2.45) is 29.1 Å². The molecule has 0 saturated heterocycles. The summed E-state index contributed by atoms with van der Waals surface area (Å²) < 4.78 is 5.53. The van der Waals surface area contributed by atoms with Gasteiger partial charge in [0, 0.05) is 6.42 Å². The second-order valence-electron chi connectivity index (χ2n) is 11.0. The van der Waals surface area contributed by atoms with Crippen LogP contribution in [0.15, 0.2) is 17.9 Å². The Morgan fingerprint density at radius 2 is 1.79 bits per heavy atom. The standard InChI is InChI=1S/C28H42O/c1-18(2)19(3)7-8-20(4)26-13-14-27-25-11-9-21-17-22(29-6)10-12-23(21)24(25)15-16-28(26,27)5/h9,11,17-20,26-27H,7-8,10,12-16H2,1-6H3/t19-,20+,26-,27-,28+/m0/s1. The number of benzene rings is 1. The summed E-state index contributed by atoms with van der Waals surface area (Å²) in [6.45, 7) is 12.4. The first-order valence-electron chi connectivity index (χ1n) is 12.2. The molecule has 0 aliphatic heterocycles. The summed E-state index contributed by atoms with van der Waals surface area (Å²) in [5.74, 6) is 5.34. The van der Waals surface area contributed by atoms with E-state index >= 15 is 0 Å². The maximum absolute atomic E-state index is 5.53. The van der Waals surface area contributed by atoms with Crippen LogP contribution in [0.4, 0.5) is 0 Å². The first-order chi connectivity index (χ1) is 13.8. The molecular weight excluding hydrogens is 352 g/mol. The molecule has 0 radical (unpaired) electrons. The molecule has 29 heavy (non-hydrogen) atoms. The summed E-state index contributed by atoms with van der Waals surface area (Å²) in [5.41, 5.74) is 6.97. The molecule has 3 aliphatic rings. The van der Waals surface area contributed by atoms with Crippen LogP contribution >= 0.6 is 0 Å². The van der Waals surface area contributed by atoms with Crippen molar-refractivity contribution in [3.63, 3.8) is 0 Å². The van der Waals surface area contributed by atoms with Crippen LogP contribution in [0.25, 0.3) is 6.08 Å². The molecule has 160 valence electrons. The van der Waals surface area contributed by atoms with Gasteiger partial charge in [0.15, 0.2) is 0 Å². The van der Waals surface area contributed by atoms with Crippen molar-refractivity contribution in [2.75, 3.05) is 7.11 Å². The molecule has 0 unspecified atom stereocenters. The zero-order valence-corrected chi connectivity index (χ0v) is 19.7. The van der Waals surface area contributed by atoms with Crippen LogP contribution < -0.4 is 0 Å². The van der Waals surface area contributed by atoms with Crippen molar-refractivity contribution in [3.05, 3.63) is 40.1 Å². The molecule has 0 bridgehead atoms. The predicted octanol–water partition coefficient (Wildman–Crippen LogP) is 7.77. The van der Waals surface area contributed by atoms with Crippen LogP contribution in [0.5, 0.6) is 0 Å². The van der Waals surface area contributed by atoms with Gasteiger partial charge in [0.2, 0.25) is 0 Å². The molecular formula is C28H42O. The van der Waals surface area contributed by atoms with Gasteiger partial charge in [-0.05, 0) is 95.4 Å². The summed E-state index contributed by atoms with van der Waals surface area (Å²) >= 11 is 0. The number of fused-ring (bicyclic) bond motifs is 5. The molecule has 0 amide bonds. The van der Waals surface area contributed by atoms with Gasteiger partial charge in [0.05, 0.1) is 12.9 Å². The first-order valence-corrected chi connectivity index (χ1v) is 12.2. The lowest BCUT2D eigenvalue weighted by Gasteiger charge is -2.45. The minimum Gasteiger partial charge on any atom is -0.501 e. The largest absolute Gasteiger partial charge is 0.501 e. The van der Waals surface area contributed by atoms with E-state index in [-0.39, 0.29) is 0 Å². The highest BCUT2D eigenvalue weighted by molar-refractivity contribution is 5.62. The molecule has 1 aromatic carbocycles. The van der Waals surface area contributed by atoms with Crippen LogP contribution in [0, 0.1) is 29.1 Å². The van der Waals surface area contributed by atoms with E-state index in [1.54, 1.807) is 16.7 Å². The lowest BCUT2D eigenvalue weighted by molar-refractivity contribution is 0.115. The second kappa shape index (κ2) is 8.12. The van der Waals surface area contributed by atoms with Crippen molar-refractivity contribution in [3.8, 4) is 0 Å². The van der Waals surface area contributed by atoms with Gasteiger partial charge in [-0.1, -0.05) is 59.6 Å². The van der Waals surface area contributed by atoms with Crippen LogP contribution in [0.3, 0.4) is 0 Å². The van der Waals surface area contributed by atoms with Gasteiger partial charge in [0.25, 0.3) is 0 Å². The summed E-state index contributed by atoms with van der Waals surface area (Å²) in [6, 6.07) is 4.87. The fourth-order valence-electron chi connectivity index (χ4n) is 6.96. The average molecular weight is 395 g/mol. The van der Waals surface area contributed by atoms with Crippen molar-refractivity contribution in [1.82, 2.24) is 0 Å². The van der Waals surface area contributed by atoms with E-state index in [1.165, 1.54) is 44.1 Å². The molecule has 3 aliphatic carbocycles. The van der Waals surface area contributed by atoms with E-state index in [0.29, 0.717) is 5.41 Å². The summed E-state index contributed by atoms with van der Waals surface area (Å²) in [7, 11) is 1.81. The predicted molar refractivity (Wildman–Crippen MR) is 124 cm³/mol. The quantitative estimate of drug-likeness (QED) is 0.479. The molecule has 1 nitrogen and oxygen atoms in total. The Bertz CT molecular complexity index is 773. The number of rotatable bonds is 6. The Balaban J connectivity index is 1.55. The Morgan fingerprint density at radius 1 is 1.00 bits per heavy atom. The van der Waals surface area contributed by atoms with Crippen molar-refractivity contribution < 1.29 is 4.74 Å². The molecule has 1 fully saturated rings. The number of hydrogen-bond donors (Lipinski definition) is 0. The summed E-state index contributed by atoms with van der Waals surface area (Å²) in [4.78, 5) is 0. The normalized spacial score (nSPS) is 30.2. The van der Waals surface area contributed by atoms with E-state index in [0.717, 1.165) is 48.2 Å². The lowest BCUT2D eigenvalue weighted by Crippen LogP contribution is -2.35. The smallest absolute Gasteiger partial charge is 0.0964 e. The number of methoxy groups -OCH3 is 1. The Morgan fingerprint density at radius 3 is 2.52 bits per heavy atom. The zero-order chi connectivity index (χ0) is 20.8. The Kier molecular flexibility index (Phi) is 5.88. The molecule has 4 rings (SSSR count). The number of hydrogen-bond acceptors (Lipinski definition) is 1. The Labute approximate surface area is 179 Å². The van der Waals surface area contributed by atoms with E-state index in [4.69, 9.17) is 4.74 Å². The minimum atomic E-state index is 0.504. The van der Waals surface area contributed by atoms with E-state index < -0.39 is 0 Å². The number of allylic oxidation sites excluding steroid dienone is 1. The highest BCUT2D eigenvalue weighted by Gasteiger charge is 2.51. The molecule has 1 aromatic rings. The second-order valence-corrected chi connectivity index (χ2v) is 11.0. The third kappa shape index (κ3) is 3.68. The molecule has 5 atom stereocenters. The molecule has 1 saturated carbocycles. The highest BCUT2D eigenvalue weighted by atomic mass is 16.5. The molecule has 1 heteroatoms. The van der Waals surface area contributed by atoms with Crippen molar-refractivity contribution >= 4 is 6.08 Å². The third-order valence-electron chi connectivity index (χ3n) is 9.30. The van der Waals surface area contributed by atoms with Gasteiger partial charge < -0.3 is 4.74 Å². The van der Waals surface area contributed by atoms with Crippen molar-refractivity contribution in [2.45, 2.75) is 91.9 Å². The van der Waals surface area contributed by atoms with E-state index in [9.17, 15) is 0 Å². The topological polar surface area (TPSA) is 9.23 Å². The summed E-state index contributed by atoms with van der Waals surface area (Å²) in [5, 5.41) is 0. The fraction of sp³-hybridized carbons (Fsp3) is 0.714. The number of ether oxygens (including phenoxy) is 1. The maximum Gasteiger partial charge on any atom is 0.0964 e. The molecule has 0 N–H and O–H groups in total. The fourth-order valence-corrected chi connectivity index (χ4v) is 6.96. The molecule has 0 heterocycles. The molecule has 0 aromatic heterocycles. The first kappa shape index (κ1) is 21.0. The van der Waals surface area contributed by atoms with Gasteiger partial charge in [-0.15, -0.1) is 0 Å². The average Bonchev–Trinajstić information content (AvgIpc) is 3.08. The van der Waals surface area contributed by atoms with Crippen LogP contribution in [0.2, 0.25) is 0 Å². The SMILES string of the molecule is COC1=Cc2ccc3c(c2CC1)CC[C@@]1(C)[C@H]3CC[C@H]1[C@H](C)CC[C@H](C)C(C)C. The summed E-state index contributed by atoms with van der Waals surface area (Å²) in [6.07, 6.45) is 12.8. The minimum absolute atomic E-state index is 0.504. The van der Waals surface area contributed by atoms with Crippen LogP contribution in [-0.4, -0.2) is 7.11 Å². The van der Waals surface area contributed by atoms with Gasteiger partial charge in [0.1, 0.15) is 0 Å². The monoisotopic (exact) mass is 394 g/mol. The Hall–Kier alpha value is -1.24. The van der Waals surface area contributed by atoms with Crippen LogP contribution in [0.1, 0.15) is 101 Å². The van der Waals surface area contributed by atoms with E-state index in [2.05, 4.69) is 52.8 Å². The zero-order valence-electron chi connectivity index (χ0n) is 19.7. The van der Waals surface area contributed by atoms with Gasteiger partial charge in [-0.2, -0.15) is 0 Å². The van der Waals surface area contributed by atoms with E-state index in [1.807, 2.05) is 7.11 Å². The maximum atomic E-state index is 5.53. The van der Waals surface area contributed by atoms with Crippen molar-refractivity contribution in [1.29, 1.82) is 0 Å². The van der Waals surface area contributed by atoms with Gasteiger partial charge in [-0.25, -0.2) is 0 Å². The third-order valence-corrected chi connectivity index (χ3v) is 9.30. The molecule has 0 spiro atoms. The van der Waals surface area contributed by atoms with Crippen LogP contribution in [-0.2, 0) is 17.6 Å². The van der Waals surface area contributed by atoms with Gasteiger partial charge >= 0.3 is 0 Å². The highest BCUT2D eigenvalue weighted by Crippen LogP contribution is 2.61. The lowest BCUT2D eigenvalue weighted by atomic mass is 9.60.